The molecule has 2 saturated heterocycles. The number of nitrogens with one attached hydrogen (secondary N) is 2. The summed E-state index contributed by atoms with van der Waals surface area (Å²) in [5.74, 6) is 0. The summed E-state index contributed by atoms with van der Waals surface area (Å²) in [5, 5.41) is 6.88. The molecule has 2 aliphatic heterocycles. The first-order valence-electron chi connectivity index (χ1n) is 3.95. The molecule has 0 amide bonds. The van der Waals surface area contributed by atoms with Gasteiger partial charge >= 0.3 is 0 Å². The van der Waals surface area contributed by atoms with Crippen LogP contribution in [0.15, 0.2) is 0 Å². The van der Waals surface area contributed by atoms with Crippen LogP contribution < -0.4 is 10.6 Å². The third-order valence-electron chi connectivity index (χ3n) is 2.37. The maximum Gasteiger partial charge on any atom is 0.0661 e. The fraction of sp³-hybridized carbons (Fsp3) is 1.00. The van der Waals surface area contributed by atoms with Gasteiger partial charge in [0.1, 0.15) is 0 Å². The van der Waals surface area contributed by atoms with Gasteiger partial charge in [0.05, 0.1) is 12.1 Å². The van der Waals surface area contributed by atoms with Gasteiger partial charge in [-0.15, -0.1) is 0 Å². The topological polar surface area (TPSA) is 33.3 Å². The van der Waals surface area contributed by atoms with Crippen LogP contribution in [-0.2, 0) is 4.74 Å². The maximum absolute atomic E-state index is 5.34. The second-order valence-electron chi connectivity index (χ2n) is 3.19. The Morgan fingerprint density at radius 2 is 2.30 bits per heavy atom. The Morgan fingerprint density at radius 3 is 2.90 bits per heavy atom. The summed E-state index contributed by atoms with van der Waals surface area (Å²) in [4.78, 5) is 0. The molecule has 58 valence electrons. The second kappa shape index (κ2) is 2.49. The van der Waals surface area contributed by atoms with E-state index in [0.29, 0.717) is 0 Å². The maximum atomic E-state index is 5.34. The second-order valence-corrected chi connectivity index (χ2v) is 3.19. The van der Waals surface area contributed by atoms with E-state index in [9.17, 15) is 0 Å². The molecular weight excluding hydrogens is 128 g/mol. The number of hydrogen-bond acceptors (Lipinski definition) is 3. The van der Waals surface area contributed by atoms with Crippen molar-refractivity contribution in [2.45, 2.75) is 12.0 Å². The lowest BCUT2D eigenvalue weighted by molar-refractivity contribution is 0.158. The van der Waals surface area contributed by atoms with Crippen LogP contribution in [0.3, 0.4) is 0 Å². The summed E-state index contributed by atoms with van der Waals surface area (Å²) >= 11 is 0. The normalized spacial score (nSPS) is 40.8. The summed E-state index contributed by atoms with van der Waals surface area (Å²) in [7, 11) is 0. The molecule has 2 rings (SSSR count). The predicted octanol–water partition coefficient (Wildman–Crippen LogP) is -0.662. The monoisotopic (exact) mass is 142 g/mol. The molecule has 0 saturated carbocycles. The predicted molar refractivity (Wildman–Crippen MR) is 39.0 cm³/mol. The molecule has 2 N–H and O–H groups in total. The molecule has 2 fully saturated rings. The molecule has 10 heavy (non-hydrogen) atoms. The van der Waals surface area contributed by atoms with E-state index in [1.54, 1.807) is 0 Å². The van der Waals surface area contributed by atoms with Crippen LogP contribution >= 0.6 is 0 Å². The molecule has 3 heteroatoms. The Labute approximate surface area is 61.1 Å². The van der Waals surface area contributed by atoms with E-state index in [-0.39, 0.29) is 5.54 Å². The van der Waals surface area contributed by atoms with Crippen molar-refractivity contribution in [3.8, 4) is 0 Å². The number of hydrogen-bond donors (Lipinski definition) is 2. The zero-order valence-electron chi connectivity index (χ0n) is 6.15. The van der Waals surface area contributed by atoms with Crippen molar-refractivity contribution >= 4 is 0 Å². The molecule has 0 aromatic carbocycles. The van der Waals surface area contributed by atoms with Gasteiger partial charge in [0.15, 0.2) is 0 Å². The lowest BCUT2D eigenvalue weighted by Crippen LogP contribution is -2.59. The number of piperazine rings is 1. The van der Waals surface area contributed by atoms with Crippen LogP contribution in [0, 0.1) is 0 Å². The van der Waals surface area contributed by atoms with Crippen LogP contribution in [0.25, 0.3) is 0 Å². The van der Waals surface area contributed by atoms with Crippen LogP contribution in [0.5, 0.6) is 0 Å². The quantitative estimate of drug-likeness (QED) is 0.471. The standard InChI is InChI=1S/C7H14N2O/c1-4-10-6-7(1)5-8-2-3-9-7/h8-9H,1-6H2/t7-/m1/s1. The summed E-state index contributed by atoms with van der Waals surface area (Å²) < 4.78 is 5.34. The summed E-state index contributed by atoms with van der Waals surface area (Å²) in [6.45, 7) is 5.08. The largest absolute Gasteiger partial charge is 0.379 e. The van der Waals surface area contributed by atoms with Crippen molar-refractivity contribution in [3.63, 3.8) is 0 Å². The van der Waals surface area contributed by atoms with Crippen molar-refractivity contribution in [3.05, 3.63) is 0 Å². The first kappa shape index (κ1) is 6.58. The molecule has 0 bridgehead atoms. The number of ether oxygens (including phenoxy) is 1. The van der Waals surface area contributed by atoms with Gasteiger partial charge < -0.3 is 15.4 Å². The Kier molecular flexibility index (Phi) is 1.64. The zero-order valence-corrected chi connectivity index (χ0v) is 6.15. The van der Waals surface area contributed by atoms with Crippen LogP contribution in [-0.4, -0.2) is 38.4 Å². The Bertz CT molecular complexity index is 113. The lowest BCUT2D eigenvalue weighted by atomic mass is 9.97. The van der Waals surface area contributed by atoms with Crippen LogP contribution in [0.1, 0.15) is 6.42 Å². The summed E-state index contributed by atoms with van der Waals surface area (Å²) in [6, 6.07) is 0. The van der Waals surface area contributed by atoms with Crippen molar-refractivity contribution in [1.29, 1.82) is 0 Å². The van der Waals surface area contributed by atoms with E-state index in [0.717, 1.165) is 32.8 Å². The molecule has 0 aromatic rings. The molecule has 1 spiro atoms. The van der Waals surface area contributed by atoms with E-state index in [4.69, 9.17) is 4.74 Å². The SMILES string of the molecule is C1CN[C@]2(CCOC2)CN1. The minimum atomic E-state index is 0.290. The van der Waals surface area contributed by atoms with Gasteiger partial charge in [0.2, 0.25) is 0 Å². The third kappa shape index (κ3) is 1.05. The van der Waals surface area contributed by atoms with Crippen LogP contribution in [0.2, 0.25) is 0 Å². The fourth-order valence-electron chi connectivity index (χ4n) is 1.69. The van der Waals surface area contributed by atoms with Crippen molar-refractivity contribution in [1.82, 2.24) is 10.6 Å². The van der Waals surface area contributed by atoms with E-state index >= 15 is 0 Å². The van der Waals surface area contributed by atoms with E-state index in [1.165, 1.54) is 6.42 Å². The summed E-state index contributed by atoms with van der Waals surface area (Å²) in [6.07, 6.45) is 1.17. The first-order valence-corrected chi connectivity index (χ1v) is 3.95. The van der Waals surface area contributed by atoms with Crippen molar-refractivity contribution in [2.75, 3.05) is 32.8 Å². The van der Waals surface area contributed by atoms with Crippen LogP contribution in [0.4, 0.5) is 0 Å². The van der Waals surface area contributed by atoms with Gasteiger partial charge in [-0.25, -0.2) is 0 Å². The van der Waals surface area contributed by atoms with E-state index < -0.39 is 0 Å². The van der Waals surface area contributed by atoms with Gasteiger partial charge in [-0.3, -0.25) is 0 Å². The average molecular weight is 142 g/mol. The van der Waals surface area contributed by atoms with E-state index in [1.807, 2.05) is 0 Å². The molecule has 0 aliphatic carbocycles. The highest BCUT2D eigenvalue weighted by molar-refractivity contribution is 4.96. The van der Waals surface area contributed by atoms with Crippen molar-refractivity contribution in [2.24, 2.45) is 0 Å². The Morgan fingerprint density at radius 1 is 1.30 bits per heavy atom. The highest BCUT2D eigenvalue weighted by atomic mass is 16.5. The molecule has 0 radical (unpaired) electrons. The molecule has 2 heterocycles. The van der Waals surface area contributed by atoms with Gasteiger partial charge in [-0.2, -0.15) is 0 Å². The molecule has 2 aliphatic rings. The molecule has 0 aromatic heterocycles. The van der Waals surface area contributed by atoms with Crippen molar-refractivity contribution < 1.29 is 4.74 Å². The fourth-order valence-corrected chi connectivity index (χ4v) is 1.69. The Hall–Kier alpha value is -0.120. The van der Waals surface area contributed by atoms with Gasteiger partial charge in [0, 0.05) is 26.2 Å². The van der Waals surface area contributed by atoms with Gasteiger partial charge in [-0.05, 0) is 6.42 Å². The zero-order chi connectivity index (χ0) is 6.86. The average Bonchev–Trinajstić information content (AvgIpc) is 2.39. The first-order chi connectivity index (χ1) is 4.91. The highest BCUT2D eigenvalue weighted by Crippen LogP contribution is 2.18. The summed E-state index contributed by atoms with van der Waals surface area (Å²) in [5.41, 5.74) is 0.290. The minimum Gasteiger partial charge on any atom is -0.379 e. The molecular formula is C7H14N2O. The number of rotatable bonds is 0. The minimum absolute atomic E-state index is 0.290. The smallest absolute Gasteiger partial charge is 0.0661 e. The molecule has 1 atom stereocenters. The highest BCUT2D eigenvalue weighted by Gasteiger charge is 2.35. The lowest BCUT2D eigenvalue weighted by Gasteiger charge is -2.33. The third-order valence-corrected chi connectivity index (χ3v) is 2.37. The molecule has 3 nitrogen and oxygen atoms in total. The van der Waals surface area contributed by atoms with Gasteiger partial charge in [0.25, 0.3) is 0 Å². The Balaban J connectivity index is 1.98. The van der Waals surface area contributed by atoms with Gasteiger partial charge in [-0.1, -0.05) is 0 Å². The molecule has 0 unspecified atom stereocenters. The van der Waals surface area contributed by atoms with E-state index in [2.05, 4.69) is 10.6 Å².